The van der Waals surface area contributed by atoms with E-state index in [0.29, 0.717) is 6.04 Å². The summed E-state index contributed by atoms with van der Waals surface area (Å²) in [5.41, 5.74) is 3.19. The number of para-hydroxylation sites is 1. The van der Waals surface area contributed by atoms with E-state index in [-0.39, 0.29) is 0 Å². The Kier molecular flexibility index (Phi) is 3.15. The minimum atomic E-state index is 0.603. The quantitative estimate of drug-likeness (QED) is 0.761. The van der Waals surface area contributed by atoms with Gasteiger partial charge in [0.2, 0.25) is 0 Å². The SMILES string of the molecule is O=Cc1ccccc1N(Cc1ccsc1)C1CC1. The smallest absolute Gasteiger partial charge is 0.152 e. The van der Waals surface area contributed by atoms with E-state index in [1.165, 1.54) is 18.4 Å². The van der Waals surface area contributed by atoms with Gasteiger partial charge in [0, 0.05) is 23.8 Å². The number of thiophene rings is 1. The number of carbonyl (C=O) groups is 1. The summed E-state index contributed by atoms with van der Waals surface area (Å²) in [6.07, 6.45) is 3.42. The highest BCUT2D eigenvalue weighted by Gasteiger charge is 2.30. The van der Waals surface area contributed by atoms with Crippen LogP contribution in [0.1, 0.15) is 28.8 Å². The summed E-state index contributed by atoms with van der Waals surface area (Å²) in [7, 11) is 0. The lowest BCUT2D eigenvalue weighted by Gasteiger charge is -2.25. The minimum absolute atomic E-state index is 0.603. The van der Waals surface area contributed by atoms with Crippen molar-refractivity contribution in [3.8, 4) is 0 Å². The van der Waals surface area contributed by atoms with Crippen LogP contribution in [0.3, 0.4) is 0 Å². The van der Waals surface area contributed by atoms with Crippen LogP contribution in [0, 0.1) is 0 Å². The molecule has 2 aromatic rings. The zero-order chi connectivity index (χ0) is 12.4. The number of carbonyl (C=O) groups excluding carboxylic acids is 1. The maximum Gasteiger partial charge on any atom is 0.152 e. The van der Waals surface area contributed by atoms with E-state index in [0.717, 1.165) is 24.1 Å². The number of benzene rings is 1. The standard InChI is InChI=1S/C15H15NOS/c17-10-13-3-1-2-4-15(13)16(14-5-6-14)9-12-7-8-18-11-12/h1-4,7-8,10-11,14H,5-6,9H2. The number of hydrogen-bond acceptors (Lipinski definition) is 3. The second-order valence-electron chi connectivity index (χ2n) is 4.67. The molecule has 0 unspecified atom stereocenters. The summed E-state index contributed by atoms with van der Waals surface area (Å²) in [5, 5.41) is 4.28. The first kappa shape index (κ1) is 11.5. The van der Waals surface area contributed by atoms with Gasteiger partial charge < -0.3 is 4.90 Å². The van der Waals surface area contributed by atoms with Crippen LogP contribution in [0.2, 0.25) is 0 Å². The summed E-state index contributed by atoms with van der Waals surface area (Å²) in [5.74, 6) is 0. The Labute approximate surface area is 111 Å². The summed E-state index contributed by atoms with van der Waals surface area (Å²) in [4.78, 5) is 13.5. The Morgan fingerprint density at radius 2 is 2.11 bits per heavy atom. The van der Waals surface area contributed by atoms with Crippen LogP contribution >= 0.6 is 11.3 Å². The van der Waals surface area contributed by atoms with Crippen molar-refractivity contribution in [2.75, 3.05) is 4.90 Å². The molecule has 0 spiro atoms. The number of hydrogen-bond donors (Lipinski definition) is 0. The molecule has 0 saturated heterocycles. The van der Waals surface area contributed by atoms with Crippen molar-refractivity contribution < 1.29 is 4.79 Å². The highest BCUT2D eigenvalue weighted by molar-refractivity contribution is 7.07. The second-order valence-corrected chi connectivity index (χ2v) is 5.45. The minimum Gasteiger partial charge on any atom is -0.364 e. The van der Waals surface area contributed by atoms with Crippen molar-refractivity contribution in [2.45, 2.75) is 25.4 Å². The van der Waals surface area contributed by atoms with Gasteiger partial charge in [-0.25, -0.2) is 0 Å². The molecule has 1 heterocycles. The molecule has 0 atom stereocenters. The van der Waals surface area contributed by atoms with Crippen molar-refractivity contribution in [1.29, 1.82) is 0 Å². The van der Waals surface area contributed by atoms with Crippen LogP contribution in [0.25, 0.3) is 0 Å². The molecule has 3 heteroatoms. The third kappa shape index (κ3) is 2.31. The first-order chi connectivity index (χ1) is 8.88. The van der Waals surface area contributed by atoms with Gasteiger partial charge in [0.05, 0.1) is 0 Å². The maximum absolute atomic E-state index is 11.2. The molecule has 92 valence electrons. The van der Waals surface area contributed by atoms with Gasteiger partial charge in [-0.2, -0.15) is 11.3 Å². The van der Waals surface area contributed by atoms with Crippen molar-refractivity contribution in [1.82, 2.24) is 0 Å². The predicted octanol–water partition coefficient (Wildman–Crippen LogP) is 3.73. The van der Waals surface area contributed by atoms with E-state index < -0.39 is 0 Å². The van der Waals surface area contributed by atoms with E-state index in [4.69, 9.17) is 0 Å². The fraction of sp³-hybridized carbons (Fsp3) is 0.267. The molecule has 1 saturated carbocycles. The van der Waals surface area contributed by atoms with E-state index in [1.54, 1.807) is 11.3 Å². The zero-order valence-corrected chi connectivity index (χ0v) is 10.9. The van der Waals surface area contributed by atoms with Gasteiger partial charge in [0.15, 0.2) is 6.29 Å². The molecule has 0 radical (unpaired) electrons. The van der Waals surface area contributed by atoms with Gasteiger partial charge in [-0.3, -0.25) is 4.79 Å². The maximum atomic E-state index is 11.2. The normalized spacial score (nSPS) is 14.4. The van der Waals surface area contributed by atoms with Crippen molar-refractivity contribution in [2.24, 2.45) is 0 Å². The summed E-state index contributed by atoms with van der Waals surface area (Å²) >= 11 is 1.72. The second kappa shape index (κ2) is 4.94. The number of aldehydes is 1. The summed E-state index contributed by atoms with van der Waals surface area (Å²) in [6.45, 7) is 0.902. The van der Waals surface area contributed by atoms with Crippen molar-refractivity contribution >= 4 is 23.3 Å². The molecule has 3 rings (SSSR count). The van der Waals surface area contributed by atoms with Gasteiger partial charge in [0.1, 0.15) is 0 Å². The highest BCUT2D eigenvalue weighted by atomic mass is 32.1. The molecule has 0 aliphatic heterocycles. The molecule has 0 bridgehead atoms. The first-order valence-electron chi connectivity index (χ1n) is 6.20. The van der Waals surface area contributed by atoms with Gasteiger partial charge >= 0.3 is 0 Å². The Hall–Kier alpha value is -1.61. The molecule has 1 aromatic carbocycles. The molecular formula is C15H15NOS. The van der Waals surface area contributed by atoms with E-state index in [2.05, 4.69) is 27.8 Å². The molecule has 1 fully saturated rings. The molecule has 1 aliphatic carbocycles. The van der Waals surface area contributed by atoms with Crippen molar-refractivity contribution in [3.63, 3.8) is 0 Å². The fourth-order valence-corrected chi connectivity index (χ4v) is 2.89. The molecule has 0 amide bonds. The number of anilines is 1. The Morgan fingerprint density at radius 1 is 1.28 bits per heavy atom. The Morgan fingerprint density at radius 3 is 2.78 bits per heavy atom. The first-order valence-corrected chi connectivity index (χ1v) is 7.14. The third-order valence-electron chi connectivity index (χ3n) is 3.29. The Balaban J connectivity index is 1.91. The van der Waals surface area contributed by atoms with Crippen LogP contribution in [-0.2, 0) is 6.54 Å². The molecule has 18 heavy (non-hydrogen) atoms. The Bertz CT molecular complexity index is 531. The van der Waals surface area contributed by atoms with E-state index in [9.17, 15) is 4.79 Å². The van der Waals surface area contributed by atoms with Gasteiger partial charge in [0.25, 0.3) is 0 Å². The molecule has 1 aliphatic rings. The average molecular weight is 257 g/mol. The van der Waals surface area contributed by atoms with E-state index in [1.807, 2.05) is 18.2 Å². The molecule has 0 N–H and O–H groups in total. The lowest BCUT2D eigenvalue weighted by molar-refractivity contribution is 0.112. The monoisotopic (exact) mass is 257 g/mol. The number of nitrogens with zero attached hydrogens (tertiary/aromatic N) is 1. The average Bonchev–Trinajstić information content (AvgIpc) is 3.13. The lowest BCUT2D eigenvalue weighted by Crippen LogP contribution is -2.25. The van der Waals surface area contributed by atoms with Gasteiger partial charge in [-0.1, -0.05) is 12.1 Å². The lowest BCUT2D eigenvalue weighted by atomic mass is 10.1. The van der Waals surface area contributed by atoms with Crippen LogP contribution in [0.5, 0.6) is 0 Å². The van der Waals surface area contributed by atoms with Crippen molar-refractivity contribution in [3.05, 3.63) is 52.2 Å². The molecule has 1 aromatic heterocycles. The predicted molar refractivity (Wildman–Crippen MR) is 75.4 cm³/mol. The molecular weight excluding hydrogens is 242 g/mol. The van der Waals surface area contributed by atoms with Crippen LogP contribution in [0.15, 0.2) is 41.1 Å². The topological polar surface area (TPSA) is 20.3 Å². The van der Waals surface area contributed by atoms with Crippen LogP contribution < -0.4 is 4.90 Å². The van der Waals surface area contributed by atoms with Crippen LogP contribution in [-0.4, -0.2) is 12.3 Å². The summed E-state index contributed by atoms with van der Waals surface area (Å²) in [6, 6.07) is 10.6. The third-order valence-corrected chi connectivity index (χ3v) is 4.03. The number of rotatable bonds is 5. The van der Waals surface area contributed by atoms with Gasteiger partial charge in [-0.15, -0.1) is 0 Å². The highest BCUT2D eigenvalue weighted by Crippen LogP contribution is 2.34. The van der Waals surface area contributed by atoms with Gasteiger partial charge in [-0.05, 0) is 47.4 Å². The molecule has 2 nitrogen and oxygen atoms in total. The van der Waals surface area contributed by atoms with E-state index >= 15 is 0 Å². The largest absolute Gasteiger partial charge is 0.364 e. The fourth-order valence-electron chi connectivity index (χ4n) is 2.23. The van der Waals surface area contributed by atoms with Crippen LogP contribution in [0.4, 0.5) is 5.69 Å². The summed E-state index contributed by atoms with van der Waals surface area (Å²) < 4.78 is 0. The zero-order valence-electron chi connectivity index (χ0n) is 10.1.